The van der Waals surface area contributed by atoms with E-state index in [1.807, 2.05) is 56.3 Å². The van der Waals surface area contributed by atoms with Gasteiger partial charge in [0, 0.05) is 11.6 Å². The molecule has 0 aliphatic carbocycles. The van der Waals surface area contributed by atoms with Gasteiger partial charge in [0.2, 0.25) is 5.88 Å². The number of rotatable bonds is 9. The normalized spacial score (nSPS) is 10.7. The van der Waals surface area contributed by atoms with Crippen LogP contribution in [0.3, 0.4) is 0 Å². The molecule has 162 valence electrons. The number of carbonyl (C=O) groups excluding carboxylic acids is 1. The zero-order chi connectivity index (χ0) is 22.2. The lowest BCUT2D eigenvalue weighted by Crippen LogP contribution is -2.32. The van der Waals surface area contributed by atoms with Crippen molar-refractivity contribution >= 4 is 5.91 Å². The lowest BCUT2D eigenvalue weighted by molar-refractivity contribution is -0.123. The highest BCUT2D eigenvalue weighted by molar-refractivity contribution is 5.77. The molecule has 2 aromatic carbocycles. The van der Waals surface area contributed by atoms with E-state index in [1.165, 1.54) is 5.56 Å². The summed E-state index contributed by atoms with van der Waals surface area (Å²) in [6.07, 6.45) is 0. The molecular formula is C25H29N3O3. The van der Waals surface area contributed by atoms with Crippen LogP contribution in [0.4, 0.5) is 0 Å². The van der Waals surface area contributed by atoms with E-state index in [-0.39, 0.29) is 12.5 Å². The van der Waals surface area contributed by atoms with Crippen LogP contribution in [0.5, 0.6) is 11.6 Å². The van der Waals surface area contributed by atoms with Gasteiger partial charge in [0.05, 0.1) is 12.2 Å². The van der Waals surface area contributed by atoms with Crippen molar-refractivity contribution in [1.29, 1.82) is 0 Å². The van der Waals surface area contributed by atoms with Gasteiger partial charge >= 0.3 is 0 Å². The molecule has 0 fully saturated rings. The van der Waals surface area contributed by atoms with Crippen molar-refractivity contribution in [2.75, 3.05) is 19.8 Å². The minimum Gasteiger partial charge on any atom is -0.483 e. The van der Waals surface area contributed by atoms with Crippen LogP contribution < -0.4 is 14.8 Å². The first kappa shape index (κ1) is 22.3. The second-order valence-corrected chi connectivity index (χ2v) is 7.81. The Kier molecular flexibility index (Phi) is 7.60. The summed E-state index contributed by atoms with van der Waals surface area (Å²) >= 11 is 0. The van der Waals surface area contributed by atoms with Crippen LogP contribution in [0.1, 0.15) is 36.5 Å². The number of benzene rings is 2. The second kappa shape index (κ2) is 10.6. The maximum absolute atomic E-state index is 12.1. The van der Waals surface area contributed by atoms with Crippen LogP contribution in [-0.2, 0) is 4.79 Å². The maximum atomic E-state index is 12.1. The fraction of sp³-hybridized carbons (Fsp3) is 0.320. The first-order valence-corrected chi connectivity index (χ1v) is 10.5. The maximum Gasteiger partial charge on any atom is 0.258 e. The minimum absolute atomic E-state index is 0.0335. The Labute approximate surface area is 183 Å². The number of amides is 1. The van der Waals surface area contributed by atoms with Gasteiger partial charge in [-0.25, -0.2) is 0 Å². The van der Waals surface area contributed by atoms with Crippen molar-refractivity contribution in [2.24, 2.45) is 0 Å². The second-order valence-electron chi connectivity index (χ2n) is 7.81. The number of hydrogen-bond donors (Lipinski definition) is 1. The molecule has 0 radical (unpaired) electrons. The quantitative estimate of drug-likeness (QED) is 0.519. The van der Waals surface area contributed by atoms with Crippen LogP contribution in [0.2, 0.25) is 0 Å². The van der Waals surface area contributed by atoms with Crippen LogP contribution in [0.25, 0.3) is 11.3 Å². The van der Waals surface area contributed by atoms with Crippen molar-refractivity contribution in [1.82, 2.24) is 15.5 Å². The Morgan fingerprint density at radius 1 is 0.935 bits per heavy atom. The molecule has 0 saturated carbocycles. The molecule has 0 spiro atoms. The molecule has 1 aromatic heterocycles. The number of nitrogens with zero attached hydrogens (tertiary/aromatic N) is 2. The summed E-state index contributed by atoms with van der Waals surface area (Å²) in [4.78, 5) is 12.1. The average molecular weight is 420 g/mol. The first-order chi connectivity index (χ1) is 14.9. The standard InChI is InChI=1S/C25H29N3O3/c1-17(2)21-10-7-19(4)15-23(21)31-16-24(29)26-13-14-30-25-12-11-22(27-28-25)20-8-5-18(3)6-9-20/h5-12,15,17H,13-14,16H2,1-4H3,(H,26,29). The third-order valence-corrected chi connectivity index (χ3v) is 4.81. The van der Waals surface area contributed by atoms with E-state index < -0.39 is 0 Å². The Balaban J connectivity index is 1.41. The molecule has 3 rings (SSSR count). The van der Waals surface area contributed by atoms with Gasteiger partial charge in [-0.3, -0.25) is 4.79 Å². The van der Waals surface area contributed by atoms with E-state index in [9.17, 15) is 4.79 Å². The Bertz CT molecular complexity index is 1000. The van der Waals surface area contributed by atoms with Crippen molar-refractivity contribution < 1.29 is 14.3 Å². The van der Waals surface area contributed by atoms with Crippen LogP contribution in [0, 0.1) is 13.8 Å². The molecule has 0 aliphatic heterocycles. The van der Waals surface area contributed by atoms with E-state index >= 15 is 0 Å². The van der Waals surface area contributed by atoms with Gasteiger partial charge < -0.3 is 14.8 Å². The first-order valence-electron chi connectivity index (χ1n) is 10.5. The van der Waals surface area contributed by atoms with Gasteiger partial charge in [0.15, 0.2) is 6.61 Å². The van der Waals surface area contributed by atoms with E-state index in [0.717, 1.165) is 28.1 Å². The summed E-state index contributed by atoms with van der Waals surface area (Å²) in [5.74, 6) is 1.30. The van der Waals surface area contributed by atoms with Crippen molar-refractivity contribution in [3.05, 3.63) is 71.3 Å². The van der Waals surface area contributed by atoms with Gasteiger partial charge in [0.25, 0.3) is 5.91 Å². The number of ether oxygens (including phenoxy) is 2. The summed E-state index contributed by atoms with van der Waals surface area (Å²) in [6.45, 7) is 8.87. The molecule has 0 atom stereocenters. The van der Waals surface area contributed by atoms with E-state index in [4.69, 9.17) is 9.47 Å². The lowest BCUT2D eigenvalue weighted by atomic mass is 10.0. The summed E-state index contributed by atoms with van der Waals surface area (Å²) in [5, 5.41) is 11.1. The summed E-state index contributed by atoms with van der Waals surface area (Å²) in [6, 6.07) is 17.8. The Hall–Kier alpha value is -3.41. The molecule has 0 aliphatic rings. The number of nitrogens with one attached hydrogen (secondary N) is 1. The largest absolute Gasteiger partial charge is 0.483 e. The lowest BCUT2D eigenvalue weighted by Gasteiger charge is -2.15. The highest BCUT2D eigenvalue weighted by atomic mass is 16.5. The smallest absolute Gasteiger partial charge is 0.258 e. The highest BCUT2D eigenvalue weighted by Gasteiger charge is 2.10. The monoisotopic (exact) mass is 419 g/mol. The number of aromatic nitrogens is 2. The fourth-order valence-corrected chi connectivity index (χ4v) is 3.06. The zero-order valence-electron chi connectivity index (χ0n) is 18.5. The van der Waals surface area contributed by atoms with E-state index in [0.29, 0.717) is 24.9 Å². The molecule has 1 N–H and O–H groups in total. The minimum atomic E-state index is -0.194. The third kappa shape index (κ3) is 6.54. The van der Waals surface area contributed by atoms with Gasteiger partial charge in [-0.2, -0.15) is 0 Å². The van der Waals surface area contributed by atoms with Crippen molar-refractivity contribution in [2.45, 2.75) is 33.6 Å². The van der Waals surface area contributed by atoms with Crippen molar-refractivity contribution in [3.8, 4) is 22.9 Å². The summed E-state index contributed by atoms with van der Waals surface area (Å²) < 4.78 is 11.3. The van der Waals surface area contributed by atoms with Gasteiger partial charge in [-0.1, -0.05) is 55.8 Å². The highest BCUT2D eigenvalue weighted by Crippen LogP contribution is 2.27. The number of hydrogen-bond acceptors (Lipinski definition) is 5. The molecule has 3 aromatic rings. The number of aryl methyl sites for hydroxylation is 2. The molecule has 6 heteroatoms. The van der Waals surface area contributed by atoms with Crippen LogP contribution in [0.15, 0.2) is 54.6 Å². The Morgan fingerprint density at radius 2 is 1.68 bits per heavy atom. The molecule has 1 amide bonds. The molecule has 6 nitrogen and oxygen atoms in total. The van der Waals surface area contributed by atoms with Crippen LogP contribution in [-0.4, -0.2) is 35.9 Å². The molecule has 1 heterocycles. The SMILES string of the molecule is Cc1ccc(-c2ccc(OCCNC(=O)COc3cc(C)ccc3C(C)C)nn2)cc1. The van der Waals surface area contributed by atoms with Crippen molar-refractivity contribution in [3.63, 3.8) is 0 Å². The molecule has 0 bridgehead atoms. The molecule has 31 heavy (non-hydrogen) atoms. The van der Waals surface area contributed by atoms with Crippen LogP contribution >= 0.6 is 0 Å². The molecule has 0 unspecified atom stereocenters. The topological polar surface area (TPSA) is 73.3 Å². The summed E-state index contributed by atoms with van der Waals surface area (Å²) in [7, 11) is 0. The third-order valence-electron chi connectivity index (χ3n) is 4.81. The molecular weight excluding hydrogens is 390 g/mol. The van der Waals surface area contributed by atoms with E-state index in [1.54, 1.807) is 6.07 Å². The summed E-state index contributed by atoms with van der Waals surface area (Å²) in [5.41, 5.74) is 5.18. The average Bonchev–Trinajstić information content (AvgIpc) is 2.76. The predicted molar refractivity (Wildman–Crippen MR) is 121 cm³/mol. The van der Waals surface area contributed by atoms with E-state index in [2.05, 4.69) is 35.4 Å². The van der Waals surface area contributed by atoms with Gasteiger partial charge in [-0.05, 0) is 43.0 Å². The number of carbonyl (C=O) groups is 1. The fourth-order valence-electron chi connectivity index (χ4n) is 3.06. The molecule has 0 saturated heterocycles. The van der Waals surface area contributed by atoms with Gasteiger partial charge in [0.1, 0.15) is 12.4 Å². The van der Waals surface area contributed by atoms with Gasteiger partial charge in [-0.15, -0.1) is 10.2 Å². The zero-order valence-corrected chi connectivity index (χ0v) is 18.5. The predicted octanol–water partition coefficient (Wildman–Crippen LogP) is 4.46. The Morgan fingerprint density at radius 3 is 2.35 bits per heavy atom.